The molecule has 0 aromatic carbocycles. The average Bonchev–Trinajstić information content (AvgIpc) is 3.62. The van der Waals surface area contributed by atoms with Gasteiger partial charge in [-0.15, -0.1) is 0 Å². The summed E-state index contributed by atoms with van der Waals surface area (Å²) in [5, 5.41) is 76.2. The minimum Gasteiger partial charge on any atom is -0.458 e. The molecule has 14 nitrogen and oxygen atoms in total. The van der Waals surface area contributed by atoms with Crippen LogP contribution in [0.1, 0.15) is 78.6 Å². The number of hydrogen-bond donors (Lipinski definition) is 7. The molecule has 49 heavy (non-hydrogen) atoms. The minimum atomic E-state index is -1.62. The predicted octanol–water partition coefficient (Wildman–Crippen LogP) is -0.398. The van der Waals surface area contributed by atoms with Crippen LogP contribution in [0.2, 0.25) is 0 Å². The van der Waals surface area contributed by atoms with Gasteiger partial charge < -0.3 is 64.2 Å². The van der Waals surface area contributed by atoms with Crippen molar-refractivity contribution in [3.05, 3.63) is 11.6 Å². The third-order valence-corrected chi connectivity index (χ3v) is 14.1. The van der Waals surface area contributed by atoms with Gasteiger partial charge in [0.1, 0.15) is 49.5 Å². The quantitative estimate of drug-likeness (QED) is 0.107. The topological polar surface area (TPSA) is 222 Å². The predicted molar refractivity (Wildman–Crippen MR) is 166 cm³/mol. The monoisotopic (exact) mass is 696 g/mol. The molecule has 2 saturated heterocycles. The molecule has 3 heterocycles. The molecule has 0 amide bonds. The van der Waals surface area contributed by atoms with Crippen molar-refractivity contribution in [1.29, 1.82) is 0 Å². The Labute approximate surface area is 285 Å². The number of aliphatic hydroxyl groups excluding tert-OH is 6. The second-order valence-corrected chi connectivity index (χ2v) is 16.2. The van der Waals surface area contributed by atoms with Crippen molar-refractivity contribution < 1.29 is 69.0 Å². The second-order valence-electron chi connectivity index (χ2n) is 16.2. The van der Waals surface area contributed by atoms with E-state index in [9.17, 15) is 45.3 Å². The zero-order valence-electron chi connectivity index (χ0n) is 28.3. The molecule has 0 bridgehead atoms. The maximum Gasteiger partial charge on any atom is 0.331 e. The fourth-order valence-electron chi connectivity index (χ4n) is 11.3. The molecular formula is C35H52O14. The van der Waals surface area contributed by atoms with Gasteiger partial charge in [-0.2, -0.15) is 0 Å². The first-order chi connectivity index (χ1) is 23.1. The lowest BCUT2D eigenvalue weighted by Crippen LogP contribution is -2.71. The Hall–Kier alpha value is -1.56. The van der Waals surface area contributed by atoms with Crippen LogP contribution < -0.4 is 0 Å². The third kappa shape index (κ3) is 5.23. The van der Waals surface area contributed by atoms with E-state index in [0.717, 1.165) is 11.9 Å². The largest absolute Gasteiger partial charge is 0.458 e. The molecule has 18 atom stereocenters. The Balaban J connectivity index is 1.22. The fourth-order valence-corrected chi connectivity index (χ4v) is 11.3. The normalized spacial score (nSPS) is 55.9. The van der Waals surface area contributed by atoms with Crippen LogP contribution in [0.15, 0.2) is 11.6 Å². The van der Waals surface area contributed by atoms with Crippen LogP contribution in [0, 0.1) is 28.6 Å². The molecule has 0 unspecified atom stereocenters. The highest BCUT2D eigenvalue weighted by molar-refractivity contribution is 5.85. The summed E-state index contributed by atoms with van der Waals surface area (Å²) in [5.74, 6) is -1.01. The molecule has 7 N–H and O–H groups in total. The molecule has 3 aliphatic heterocycles. The molecule has 0 aromatic rings. The SMILES string of the molecule is C[C@@H]1O[C@@H](O[C@@H]2CC[C@]3(C=O)[C@@H]4CC[C@]5(C)[C@H](C6=CC(=O)OC6)CC[C@]5(O)[C@@H]4CC[C@@]3(O[C@H]3O[C@H](C)[C@@H](O)[C@H](O)[C@@H]3O)C2)[C@H](O)[C@H](O)[C@H]1O. The van der Waals surface area contributed by atoms with E-state index in [1.54, 1.807) is 19.9 Å². The van der Waals surface area contributed by atoms with Gasteiger partial charge in [-0.1, -0.05) is 6.92 Å². The zero-order chi connectivity index (χ0) is 35.3. The summed E-state index contributed by atoms with van der Waals surface area (Å²) in [6.45, 7) is 5.42. The summed E-state index contributed by atoms with van der Waals surface area (Å²) in [7, 11) is 0. The maximum absolute atomic E-state index is 13.8. The van der Waals surface area contributed by atoms with Crippen LogP contribution in [-0.2, 0) is 33.3 Å². The van der Waals surface area contributed by atoms with E-state index in [-0.39, 0.29) is 49.6 Å². The lowest BCUT2D eigenvalue weighted by Gasteiger charge is -2.66. The molecule has 6 fully saturated rings. The number of aldehydes is 1. The van der Waals surface area contributed by atoms with Crippen molar-refractivity contribution in [3.63, 3.8) is 0 Å². The standard InChI is InChI=1S/C35H52O14/c1-16-24(38)26(40)28(42)30(46-16)48-19-4-9-33(15-36)21-5-8-32(3)20(18-12-23(37)45-14-18)7-11-35(32,44)22(21)6-10-34(33,13-19)49-31-29(43)27(41)25(39)17(2)47-31/h12,15-17,19-22,24-31,38-44H,4-11,13-14H2,1-3H3/t16-,17+,19+,20-,21+,22+,24-,25+,26+,27-,28+,29-,30-,31+,32+,33-,34+,35-/m0/s1. The van der Waals surface area contributed by atoms with Crippen molar-refractivity contribution in [2.45, 2.75) is 157 Å². The Morgan fingerprint density at radius 1 is 0.796 bits per heavy atom. The first-order valence-corrected chi connectivity index (χ1v) is 17.9. The molecule has 4 saturated carbocycles. The Kier molecular flexibility index (Phi) is 9.17. The van der Waals surface area contributed by atoms with E-state index in [2.05, 4.69) is 6.92 Å². The number of ether oxygens (including phenoxy) is 5. The van der Waals surface area contributed by atoms with E-state index >= 15 is 0 Å². The number of carbonyl (C=O) groups is 2. The van der Waals surface area contributed by atoms with Crippen LogP contribution in [0.4, 0.5) is 0 Å². The van der Waals surface area contributed by atoms with E-state index in [1.807, 2.05) is 0 Å². The fraction of sp³-hybridized carbons (Fsp3) is 0.886. The smallest absolute Gasteiger partial charge is 0.331 e. The number of aliphatic hydroxyl groups is 7. The number of fused-ring (bicyclic) bond motifs is 5. The lowest BCUT2D eigenvalue weighted by atomic mass is 9.41. The first-order valence-electron chi connectivity index (χ1n) is 17.9. The molecule has 0 radical (unpaired) electrons. The van der Waals surface area contributed by atoms with Crippen molar-refractivity contribution in [2.24, 2.45) is 28.6 Å². The van der Waals surface area contributed by atoms with Crippen LogP contribution in [0.25, 0.3) is 0 Å². The van der Waals surface area contributed by atoms with Gasteiger partial charge in [0.25, 0.3) is 0 Å². The molecular weight excluding hydrogens is 644 g/mol. The summed E-state index contributed by atoms with van der Waals surface area (Å²) in [6.07, 6.45) is -7.55. The van der Waals surface area contributed by atoms with Gasteiger partial charge in [-0.3, -0.25) is 0 Å². The van der Waals surface area contributed by atoms with Crippen molar-refractivity contribution >= 4 is 12.3 Å². The minimum absolute atomic E-state index is 0.0393. The number of cyclic esters (lactones) is 1. The van der Waals surface area contributed by atoms with Crippen molar-refractivity contribution in [3.8, 4) is 0 Å². The summed E-state index contributed by atoms with van der Waals surface area (Å²) < 4.78 is 29.9. The van der Waals surface area contributed by atoms with E-state index in [1.165, 1.54) is 0 Å². The summed E-state index contributed by atoms with van der Waals surface area (Å²) >= 11 is 0. The Morgan fingerprint density at radius 2 is 1.43 bits per heavy atom. The summed E-state index contributed by atoms with van der Waals surface area (Å²) in [6, 6.07) is 0. The third-order valence-electron chi connectivity index (χ3n) is 14.1. The molecule has 7 aliphatic rings. The Bertz CT molecular complexity index is 1330. The van der Waals surface area contributed by atoms with Gasteiger partial charge in [0.05, 0.1) is 34.9 Å². The highest BCUT2D eigenvalue weighted by Gasteiger charge is 2.73. The molecule has 14 heteroatoms. The zero-order valence-corrected chi connectivity index (χ0v) is 28.3. The second kappa shape index (κ2) is 12.5. The molecule has 4 aliphatic carbocycles. The van der Waals surface area contributed by atoms with Crippen LogP contribution in [-0.4, -0.2) is 133 Å². The van der Waals surface area contributed by atoms with Gasteiger partial charge in [0.2, 0.25) is 0 Å². The van der Waals surface area contributed by atoms with Crippen molar-refractivity contribution in [1.82, 2.24) is 0 Å². The Morgan fingerprint density at radius 3 is 2.06 bits per heavy atom. The highest BCUT2D eigenvalue weighted by Crippen LogP contribution is 2.71. The number of esters is 1. The van der Waals surface area contributed by atoms with E-state index < -0.39 is 89.5 Å². The summed E-state index contributed by atoms with van der Waals surface area (Å²) in [5.41, 5.74) is -3.26. The van der Waals surface area contributed by atoms with Crippen LogP contribution in [0.5, 0.6) is 0 Å². The molecule has 7 rings (SSSR count). The van der Waals surface area contributed by atoms with Crippen LogP contribution in [0.3, 0.4) is 0 Å². The van der Waals surface area contributed by atoms with Gasteiger partial charge in [-0.25, -0.2) is 4.79 Å². The van der Waals surface area contributed by atoms with Gasteiger partial charge in [0.15, 0.2) is 12.6 Å². The molecule has 0 spiro atoms. The maximum atomic E-state index is 13.8. The number of carbonyl (C=O) groups excluding carboxylic acids is 2. The lowest BCUT2D eigenvalue weighted by molar-refractivity contribution is -0.364. The van der Waals surface area contributed by atoms with E-state index in [4.69, 9.17) is 23.7 Å². The summed E-state index contributed by atoms with van der Waals surface area (Å²) in [4.78, 5) is 25.7. The van der Waals surface area contributed by atoms with Crippen LogP contribution >= 0.6 is 0 Å². The first kappa shape index (κ1) is 35.8. The van der Waals surface area contributed by atoms with E-state index in [0.29, 0.717) is 38.5 Å². The van der Waals surface area contributed by atoms with Crippen molar-refractivity contribution in [2.75, 3.05) is 6.61 Å². The molecule has 276 valence electrons. The number of hydrogen-bond acceptors (Lipinski definition) is 14. The number of rotatable bonds is 6. The highest BCUT2D eigenvalue weighted by atomic mass is 16.7. The van der Waals surface area contributed by atoms with Gasteiger partial charge in [-0.05, 0) is 88.5 Å². The van der Waals surface area contributed by atoms with Gasteiger partial charge >= 0.3 is 5.97 Å². The molecule has 0 aromatic heterocycles. The van der Waals surface area contributed by atoms with Gasteiger partial charge in [0, 0.05) is 17.9 Å². The average molecular weight is 697 g/mol.